The number of aliphatic hydroxyl groups excluding tert-OH is 1. The lowest BCUT2D eigenvalue weighted by Crippen LogP contribution is -2.06. The molecule has 1 atom stereocenters. The number of hydrogen-bond acceptors (Lipinski definition) is 3. The van der Waals surface area contributed by atoms with Crippen LogP contribution in [0.25, 0.3) is 0 Å². The summed E-state index contributed by atoms with van der Waals surface area (Å²) in [6.07, 6.45) is -0.175. The molecule has 0 aliphatic rings. The zero-order valence-corrected chi connectivity index (χ0v) is 10.8. The third-order valence-electron chi connectivity index (χ3n) is 2.86. The molecule has 0 radical (unpaired) electrons. The molecule has 0 aliphatic carbocycles. The van der Waals surface area contributed by atoms with Crippen molar-refractivity contribution in [1.82, 2.24) is 0 Å². The number of rotatable bonds is 6. The second-order valence-electron chi connectivity index (χ2n) is 4.37. The maximum Gasteiger partial charge on any atom is 0.120 e. The van der Waals surface area contributed by atoms with E-state index in [1.54, 1.807) is 18.2 Å². The van der Waals surface area contributed by atoms with Crippen LogP contribution in [0.2, 0.25) is 0 Å². The molecule has 1 unspecified atom stereocenters. The van der Waals surface area contributed by atoms with Crippen LogP contribution in [0.5, 0.6) is 5.75 Å². The van der Waals surface area contributed by atoms with E-state index in [9.17, 15) is 5.11 Å². The fourth-order valence-electron chi connectivity index (χ4n) is 1.81. The number of aliphatic hydroxyl groups is 1. The molecule has 0 amide bonds. The summed E-state index contributed by atoms with van der Waals surface area (Å²) in [5.41, 5.74) is 7.17. The zero-order valence-electron chi connectivity index (χ0n) is 11.8. The number of nitrogens with two attached hydrogens (primary N) is 1. The molecule has 0 heterocycles. The molecular weight excluding hydrogens is 238 g/mol. The minimum Gasteiger partial charge on any atom is -0.489 e. The van der Waals surface area contributed by atoms with Crippen LogP contribution in [0.4, 0.5) is 0 Å². The third kappa shape index (κ3) is 4.09. The van der Waals surface area contributed by atoms with Crippen LogP contribution < -0.4 is 10.5 Å². The molecule has 0 saturated carbocycles. The molecule has 100 valence electrons. The van der Waals surface area contributed by atoms with Crippen molar-refractivity contribution in [1.29, 1.82) is 0 Å². The second-order valence-corrected chi connectivity index (χ2v) is 4.37. The average Bonchev–Trinajstić information content (AvgIpc) is 2.46. The highest BCUT2D eigenvalue weighted by atomic mass is 16.5. The smallest absolute Gasteiger partial charge is 0.120 e. The lowest BCUT2D eigenvalue weighted by atomic mass is 10.1. The van der Waals surface area contributed by atoms with Gasteiger partial charge in [0.1, 0.15) is 12.4 Å². The minimum atomic E-state index is -0.649. The van der Waals surface area contributed by atoms with E-state index in [0.717, 1.165) is 5.56 Å². The standard InChI is InChI=1S/C16H19NO2/c17-10-9-16(18)14-7-4-8-15(11-14)19-12-13-5-2-1-3-6-13/h1-8,11,16,18H,9-10,12,17H2/i4D. The van der Waals surface area contributed by atoms with Gasteiger partial charge in [-0.2, -0.15) is 0 Å². The van der Waals surface area contributed by atoms with Gasteiger partial charge in [0.15, 0.2) is 0 Å². The van der Waals surface area contributed by atoms with Gasteiger partial charge in [-0.3, -0.25) is 0 Å². The predicted octanol–water partition coefficient (Wildman–Crippen LogP) is 2.65. The Labute approximate surface area is 115 Å². The third-order valence-corrected chi connectivity index (χ3v) is 2.86. The van der Waals surface area contributed by atoms with Gasteiger partial charge in [-0.1, -0.05) is 42.4 Å². The van der Waals surface area contributed by atoms with E-state index < -0.39 is 6.10 Å². The molecule has 0 aromatic heterocycles. The van der Waals surface area contributed by atoms with E-state index in [1.807, 2.05) is 30.3 Å². The van der Waals surface area contributed by atoms with Crippen LogP contribution >= 0.6 is 0 Å². The van der Waals surface area contributed by atoms with Crippen molar-refractivity contribution in [2.45, 2.75) is 19.1 Å². The molecular formula is C16H19NO2. The molecule has 0 bridgehead atoms. The fourth-order valence-corrected chi connectivity index (χ4v) is 1.81. The zero-order chi connectivity index (χ0) is 14.4. The van der Waals surface area contributed by atoms with Gasteiger partial charge in [0.25, 0.3) is 0 Å². The van der Waals surface area contributed by atoms with E-state index in [2.05, 4.69) is 0 Å². The monoisotopic (exact) mass is 258 g/mol. The molecule has 3 nitrogen and oxygen atoms in total. The van der Waals surface area contributed by atoms with E-state index in [1.165, 1.54) is 0 Å². The summed E-state index contributed by atoms with van der Waals surface area (Å²) in [7, 11) is 0. The summed E-state index contributed by atoms with van der Waals surface area (Å²) in [6.45, 7) is 0.848. The average molecular weight is 258 g/mol. The quantitative estimate of drug-likeness (QED) is 0.837. The summed E-state index contributed by atoms with van der Waals surface area (Å²) in [6, 6.07) is 15.2. The number of ether oxygens (including phenoxy) is 1. The molecule has 2 aromatic carbocycles. The fraction of sp³-hybridized carbons (Fsp3) is 0.250. The Morgan fingerprint density at radius 2 is 2.00 bits per heavy atom. The first-order chi connectivity index (χ1) is 9.69. The van der Waals surface area contributed by atoms with E-state index in [4.69, 9.17) is 11.8 Å². The normalized spacial score (nSPS) is 12.8. The highest BCUT2D eigenvalue weighted by Crippen LogP contribution is 2.21. The first-order valence-electron chi connectivity index (χ1n) is 6.85. The second kappa shape index (κ2) is 6.92. The molecule has 3 N–H and O–H groups in total. The number of benzene rings is 2. The van der Waals surface area contributed by atoms with Gasteiger partial charge < -0.3 is 15.6 Å². The topological polar surface area (TPSA) is 55.5 Å². The molecule has 2 aromatic rings. The van der Waals surface area contributed by atoms with Gasteiger partial charge in [0.2, 0.25) is 0 Å². The van der Waals surface area contributed by atoms with Gasteiger partial charge in [0, 0.05) is 0 Å². The van der Waals surface area contributed by atoms with Gasteiger partial charge in [0.05, 0.1) is 7.47 Å². The van der Waals surface area contributed by atoms with Crippen molar-refractivity contribution in [3.8, 4) is 5.75 Å². The van der Waals surface area contributed by atoms with Crippen molar-refractivity contribution >= 4 is 0 Å². The molecule has 0 spiro atoms. The lowest BCUT2D eigenvalue weighted by molar-refractivity contribution is 0.169. The van der Waals surface area contributed by atoms with E-state index in [-0.39, 0.29) is 0 Å². The largest absolute Gasteiger partial charge is 0.489 e. The molecule has 2 rings (SSSR count). The minimum absolute atomic E-state index is 0.321. The van der Waals surface area contributed by atoms with Crippen LogP contribution in [-0.4, -0.2) is 11.7 Å². The van der Waals surface area contributed by atoms with Crippen molar-refractivity contribution in [3.05, 3.63) is 65.7 Å². The maximum atomic E-state index is 9.94. The van der Waals surface area contributed by atoms with Gasteiger partial charge in [-0.05, 0) is 36.2 Å². The Balaban J connectivity index is 2.08. The number of hydrogen-bond donors (Lipinski definition) is 2. The Morgan fingerprint density at radius 3 is 2.74 bits per heavy atom. The highest BCUT2D eigenvalue weighted by Gasteiger charge is 2.07. The van der Waals surface area contributed by atoms with E-state index in [0.29, 0.717) is 36.9 Å². The van der Waals surface area contributed by atoms with Crippen molar-refractivity contribution in [3.63, 3.8) is 0 Å². The van der Waals surface area contributed by atoms with Crippen LogP contribution in [-0.2, 0) is 6.61 Å². The molecule has 0 fully saturated rings. The summed E-state index contributed by atoms with van der Waals surface area (Å²) >= 11 is 0. The molecule has 0 aliphatic heterocycles. The van der Waals surface area contributed by atoms with Crippen LogP contribution in [0, 0.1) is 0 Å². The van der Waals surface area contributed by atoms with Crippen LogP contribution in [0.1, 0.15) is 25.0 Å². The Kier molecular flexibility index (Phi) is 4.45. The molecule has 19 heavy (non-hydrogen) atoms. The molecule has 3 heteroatoms. The van der Waals surface area contributed by atoms with Crippen molar-refractivity contribution < 1.29 is 11.2 Å². The predicted molar refractivity (Wildman–Crippen MR) is 75.8 cm³/mol. The van der Waals surface area contributed by atoms with Crippen LogP contribution in [0.15, 0.2) is 54.6 Å². The highest BCUT2D eigenvalue weighted by molar-refractivity contribution is 5.30. The summed E-state index contributed by atoms with van der Waals surface area (Å²) in [5, 5.41) is 9.94. The summed E-state index contributed by atoms with van der Waals surface area (Å²) in [5.74, 6) is 0.590. The van der Waals surface area contributed by atoms with Gasteiger partial charge in [-0.25, -0.2) is 0 Å². The van der Waals surface area contributed by atoms with E-state index >= 15 is 0 Å². The van der Waals surface area contributed by atoms with Gasteiger partial charge >= 0.3 is 0 Å². The van der Waals surface area contributed by atoms with Crippen molar-refractivity contribution in [2.24, 2.45) is 5.73 Å². The Bertz CT molecular complexity index is 545. The lowest BCUT2D eigenvalue weighted by Gasteiger charge is -2.12. The van der Waals surface area contributed by atoms with Gasteiger partial charge in [-0.15, -0.1) is 0 Å². The van der Waals surface area contributed by atoms with Crippen molar-refractivity contribution in [2.75, 3.05) is 6.54 Å². The summed E-state index contributed by atoms with van der Waals surface area (Å²) in [4.78, 5) is 0. The first-order valence-corrected chi connectivity index (χ1v) is 6.35. The first kappa shape index (κ1) is 12.2. The SMILES string of the molecule is [2H]c1cc(OCc2ccccc2)cc(C(O)CCN)c1. The summed E-state index contributed by atoms with van der Waals surface area (Å²) < 4.78 is 13.4. The maximum absolute atomic E-state index is 9.94. The Hall–Kier alpha value is -1.84. The molecule has 0 saturated heterocycles. The Morgan fingerprint density at radius 1 is 1.21 bits per heavy atom. The van der Waals surface area contributed by atoms with Crippen LogP contribution in [0.3, 0.4) is 0 Å².